The maximum absolute atomic E-state index is 13.0. The standard InChI is InChI=1S/C24H28N6O6/c1-14(2)36-18-10-5-8-15-21(18)29-20(26-15)13-30-12-6-9-17(23(30)33)27-22(32)16(28-24(34)35)7-3-4-11-19(25)31/h4-6,8-12,14,16,28H,3,7,13H2,1-2H3,(H2,25,31)(H,26,29)(H,27,32)(H,34,35). The average molecular weight is 497 g/mol. The average Bonchev–Trinajstić information content (AvgIpc) is 3.21. The zero-order valence-electron chi connectivity index (χ0n) is 19.9. The van der Waals surface area contributed by atoms with Crippen LogP contribution >= 0.6 is 0 Å². The van der Waals surface area contributed by atoms with E-state index in [-0.39, 0.29) is 31.2 Å². The third-order valence-electron chi connectivity index (χ3n) is 5.00. The Labute approximate surface area is 206 Å². The van der Waals surface area contributed by atoms with Crippen LogP contribution in [0.3, 0.4) is 0 Å². The number of nitrogens with one attached hydrogen (secondary N) is 3. The number of nitrogens with two attached hydrogens (primary N) is 1. The summed E-state index contributed by atoms with van der Waals surface area (Å²) >= 11 is 0. The van der Waals surface area contributed by atoms with Gasteiger partial charge in [-0.1, -0.05) is 12.1 Å². The van der Waals surface area contributed by atoms with E-state index in [9.17, 15) is 19.2 Å². The molecule has 6 N–H and O–H groups in total. The lowest BCUT2D eigenvalue weighted by atomic mass is 10.1. The monoisotopic (exact) mass is 496 g/mol. The summed E-state index contributed by atoms with van der Waals surface area (Å²) < 4.78 is 7.17. The number of hydrogen-bond donors (Lipinski definition) is 5. The number of benzene rings is 1. The number of H-pyrrole nitrogens is 1. The molecule has 0 radical (unpaired) electrons. The summed E-state index contributed by atoms with van der Waals surface area (Å²) in [5.41, 5.74) is 5.91. The minimum Gasteiger partial charge on any atom is -0.489 e. The highest BCUT2D eigenvalue weighted by Crippen LogP contribution is 2.24. The Morgan fingerprint density at radius 2 is 2.03 bits per heavy atom. The Morgan fingerprint density at radius 3 is 2.72 bits per heavy atom. The molecule has 0 bridgehead atoms. The minimum absolute atomic E-state index is 0.0210. The summed E-state index contributed by atoms with van der Waals surface area (Å²) in [6.45, 7) is 3.94. The summed E-state index contributed by atoms with van der Waals surface area (Å²) in [6.07, 6.45) is 2.96. The lowest BCUT2D eigenvalue weighted by Gasteiger charge is -2.16. The Kier molecular flexibility index (Phi) is 8.44. The Bertz CT molecular complexity index is 1340. The van der Waals surface area contributed by atoms with Crippen LogP contribution in [-0.4, -0.2) is 49.7 Å². The van der Waals surface area contributed by atoms with Crippen LogP contribution in [0.5, 0.6) is 5.75 Å². The highest BCUT2D eigenvalue weighted by molar-refractivity contribution is 5.96. The number of fused-ring (bicyclic) bond motifs is 1. The fraction of sp³-hybridized carbons (Fsp3) is 0.292. The Hall–Kier alpha value is -4.61. The molecule has 3 amide bonds. The van der Waals surface area contributed by atoms with E-state index in [1.807, 2.05) is 32.0 Å². The number of para-hydroxylation sites is 1. The van der Waals surface area contributed by atoms with Crippen LogP contribution in [0.2, 0.25) is 0 Å². The number of aromatic nitrogens is 3. The number of carboxylic acid groups (broad SMARTS) is 1. The number of anilines is 1. The quantitative estimate of drug-likeness (QED) is 0.251. The molecule has 1 unspecified atom stereocenters. The summed E-state index contributed by atoms with van der Waals surface area (Å²) in [7, 11) is 0. The van der Waals surface area contributed by atoms with E-state index in [0.717, 1.165) is 11.6 Å². The molecular weight excluding hydrogens is 468 g/mol. The molecule has 190 valence electrons. The predicted molar refractivity (Wildman–Crippen MR) is 133 cm³/mol. The van der Waals surface area contributed by atoms with Crippen LogP contribution in [-0.2, 0) is 16.1 Å². The third-order valence-corrected chi connectivity index (χ3v) is 5.00. The van der Waals surface area contributed by atoms with Crippen molar-refractivity contribution in [3.63, 3.8) is 0 Å². The van der Waals surface area contributed by atoms with Crippen molar-refractivity contribution in [3.05, 3.63) is 64.9 Å². The van der Waals surface area contributed by atoms with Gasteiger partial charge >= 0.3 is 6.09 Å². The zero-order chi connectivity index (χ0) is 26.2. The lowest BCUT2D eigenvalue weighted by Crippen LogP contribution is -2.44. The summed E-state index contributed by atoms with van der Waals surface area (Å²) in [5.74, 6) is -0.220. The number of hydrogen-bond acceptors (Lipinski definition) is 6. The number of rotatable bonds is 11. The van der Waals surface area contributed by atoms with Gasteiger partial charge in [0.1, 0.15) is 28.8 Å². The zero-order valence-corrected chi connectivity index (χ0v) is 19.9. The third kappa shape index (κ3) is 6.95. The van der Waals surface area contributed by atoms with Gasteiger partial charge < -0.3 is 35.8 Å². The molecule has 0 saturated carbocycles. The van der Waals surface area contributed by atoms with Gasteiger partial charge in [-0.2, -0.15) is 0 Å². The second kappa shape index (κ2) is 11.7. The van der Waals surface area contributed by atoms with E-state index < -0.39 is 29.5 Å². The number of allylic oxidation sites excluding steroid dienone is 1. The second-order valence-corrected chi connectivity index (χ2v) is 8.23. The first-order chi connectivity index (χ1) is 17.1. The van der Waals surface area contributed by atoms with Crippen LogP contribution in [0, 0.1) is 0 Å². The molecule has 36 heavy (non-hydrogen) atoms. The SMILES string of the molecule is CC(C)Oc1cccc2[nH]c(Cn3cccc(NC(=O)C(CCC=CC(N)=O)NC(=O)O)c3=O)nc12. The van der Waals surface area contributed by atoms with Crippen LogP contribution in [0.4, 0.5) is 10.5 Å². The molecule has 0 aliphatic heterocycles. The van der Waals surface area contributed by atoms with Crippen molar-refractivity contribution >= 4 is 34.6 Å². The van der Waals surface area contributed by atoms with Crippen molar-refractivity contribution in [3.8, 4) is 5.75 Å². The van der Waals surface area contributed by atoms with Gasteiger partial charge in [-0.15, -0.1) is 0 Å². The van der Waals surface area contributed by atoms with Crippen molar-refractivity contribution in [2.45, 2.75) is 45.4 Å². The number of amides is 3. The molecule has 0 spiro atoms. The first kappa shape index (κ1) is 26.0. The number of nitrogens with zero attached hydrogens (tertiary/aromatic N) is 2. The molecule has 1 atom stereocenters. The maximum Gasteiger partial charge on any atom is 0.405 e. The number of aromatic amines is 1. The first-order valence-electron chi connectivity index (χ1n) is 11.2. The van der Waals surface area contributed by atoms with Crippen molar-refractivity contribution < 1.29 is 24.2 Å². The first-order valence-corrected chi connectivity index (χ1v) is 11.2. The minimum atomic E-state index is -1.40. The van der Waals surface area contributed by atoms with Gasteiger partial charge in [0.2, 0.25) is 11.8 Å². The van der Waals surface area contributed by atoms with Crippen LogP contribution in [0.1, 0.15) is 32.5 Å². The fourth-order valence-corrected chi connectivity index (χ4v) is 3.50. The highest BCUT2D eigenvalue weighted by Gasteiger charge is 2.21. The van der Waals surface area contributed by atoms with Crippen molar-refractivity contribution in [2.24, 2.45) is 5.73 Å². The van der Waals surface area contributed by atoms with E-state index in [2.05, 4.69) is 20.6 Å². The number of ether oxygens (including phenoxy) is 1. The maximum atomic E-state index is 13.0. The predicted octanol–water partition coefficient (Wildman–Crippen LogP) is 1.96. The number of carbonyl (C=O) groups excluding carboxylic acids is 2. The van der Waals surface area contributed by atoms with E-state index in [4.69, 9.17) is 15.6 Å². The fourth-order valence-electron chi connectivity index (χ4n) is 3.50. The van der Waals surface area contributed by atoms with Crippen molar-refractivity contribution in [1.82, 2.24) is 19.9 Å². The molecule has 0 saturated heterocycles. The largest absolute Gasteiger partial charge is 0.489 e. The van der Waals surface area contributed by atoms with Crippen LogP contribution in [0.25, 0.3) is 11.0 Å². The number of carbonyl (C=O) groups is 3. The van der Waals surface area contributed by atoms with Crippen molar-refractivity contribution in [2.75, 3.05) is 5.32 Å². The normalized spacial score (nSPS) is 12.1. The van der Waals surface area contributed by atoms with Gasteiger partial charge in [0.15, 0.2) is 0 Å². The van der Waals surface area contributed by atoms with Crippen molar-refractivity contribution in [1.29, 1.82) is 0 Å². The smallest absolute Gasteiger partial charge is 0.405 e. The highest BCUT2D eigenvalue weighted by atomic mass is 16.5. The molecule has 0 fully saturated rings. The van der Waals surface area contributed by atoms with Crippen LogP contribution in [0.15, 0.2) is 53.5 Å². The summed E-state index contributed by atoms with van der Waals surface area (Å²) in [5, 5.41) is 13.7. The molecule has 1 aromatic carbocycles. The van der Waals surface area contributed by atoms with E-state index in [0.29, 0.717) is 17.1 Å². The van der Waals surface area contributed by atoms with Gasteiger partial charge in [0.25, 0.3) is 5.56 Å². The number of imidazole rings is 1. The van der Waals surface area contributed by atoms with Crippen LogP contribution < -0.4 is 26.7 Å². The molecule has 2 heterocycles. The topological polar surface area (TPSA) is 181 Å². The van der Waals surface area contributed by atoms with Gasteiger partial charge in [0, 0.05) is 6.20 Å². The van der Waals surface area contributed by atoms with Gasteiger partial charge in [-0.25, -0.2) is 9.78 Å². The number of primary amides is 1. The van der Waals surface area contributed by atoms with Gasteiger partial charge in [-0.3, -0.25) is 14.4 Å². The summed E-state index contributed by atoms with van der Waals surface area (Å²) in [4.78, 5) is 55.4. The molecule has 12 heteroatoms. The molecular formula is C24H28N6O6. The summed E-state index contributed by atoms with van der Waals surface area (Å²) in [6, 6.07) is 7.38. The molecule has 0 aliphatic rings. The van der Waals surface area contributed by atoms with E-state index in [1.54, 1.807) is 12.3 Å². The Balaban J connectivity index is 1.77. The molecule has 12 nitrogen and oxygen atoms in total. The molecule has 3 aromatic rings. The second-order valence-electron chi connectivity index (χ2n) is 8.23. The number of pyridine rings is 1. The van der Waals surface area contributed by atoms with E-state index in [1.165, 1.54) is 16.7 Å². The van der Waals surface area contributed by atoms with E-state index >= 15 is 0 Å². The van der Waals surface area contributed by atoms with Gasteiger partial charge in [-0.05, 0) is 57.0 Å². The Morgan fingerprint density at radius 1 is 1.25 bits per heavy atom. The molecule has 3 rings (SSSR count). The lowest BCUT2D eigenvalue weighted by molar-refractivity contribution is -0.118. The van der Waals surface area contributed by atoms with Gasteiger partial charge in [0.05, 0.1) is 18.2 Å². The molecule has 0 aliphatic carbocycles. The molecule has 2 aromatic heterocycles.